The van der Waals surface area contributed by atoms with E-state index in [4.69, 9.17) is 14.2 Å². The molecule has 2 rings (SSSR count). The van der Waals surface area contributed by atoms with Crippen molar-refractivity contribution in [2.45, 2.75) is 37.3 Å². The lowest BCUT2D eigenvalue weighted by atomic mass is 9.95. The molecule has 0 saturated carbocycles. The summed E-state index contributed by atoms with van der Waals surface area (Å²) in [4.78, 5) is 0. The van der Waals surface area contributed by atoms with Crippen LogP contribution in [-0.2, 0) is 14.2 Å². The highest BCUT2D eigenvalue weighted by molar-refractivity contribution is 4.98. The zero-order valence-electron chi connectivity index (χ0n) is 7.52. The highest BCUT2D eigenvalue weighted by atomic mass is 16.6. The van der Waals surface area contributed by atoms with Crippen LogP contribution in [0.3, 0.4) is 0 Å². The largest absolute Gasteiger partial charge is 0.496 e. The fraction of sp³-hybridized carbons (Fsp3) is 0.600. The van der Waals surface area contributed by atoms with Crippen LogP contribution in [-0.4, -0.2) is 24.4 Å². The Kier molecular flexibility index (Phi) is 2.27. The van der Waals surface area contributed by atoms with Crippen LogP contribution < -0.4 is 0 Å². The molecule has 0 spiro atoms. The summed E-state index contributed by atoms with van der Waals surface area (Å²) in [6, 6.07) is 0. The van der Waals surface area contributed by atoms with E-state index < -0.39 is 0 Å². The maximum absolute atomic E-state index is 5.66. The Morgan fingerprint density at radius 3 is 2.00 bits per heavy atom. The first-order chi connectivity index (χ1) is 6.35. The van der Waals surface area contributed by atoms with Crippen LogP contribution in [0.5, 0.6) is 0 Å². The first-order valence-electron chi connectivity index (χ1n) is 4.53. The van der Waals surface area contributed by atoms with Gasteiger partial charge in [-0.2, -0.15) is 0 Å². The summed E-state index contributed by atoms with van der Waals surface area (Å²) in [7, 11) is 0. The van der Waals surface area contributed by atoms with E-state index >= 15 is 0 Å². The van der Waals surface area contributed by atoms with Gasteiger partial charge in [-0.15, -0.1) is 0 Å². The van der Waals surface area contributed by atoms with Crippen LogP contribution in [0, 0.1) is 0 Å². The summed E-state index contributed by atoms with van der Waals surface area (Å²) >= 11 is 0. The van der Waals surface area contributed by atoms with E-state index in [9.17, 15) is 0 Å². The van der Waals surface area contributed by atoms with Gasteiger partial charge in [-0.3, -0.25) is 0 Å². The summed E-state index contributed by atoms with van der Waals surface area (Å²) in [6.45, 7) is 7.08. The van der Waals surface area contributed by atoms with Gasteiger partial charge in [0.2, 0.25) is 0 Å². The molecule has 2 bridgehead atoms. The summed E-state index contributed by atoms with van der Waals surface area (Å²) < 4.78 is 16.3. The lowest BCUT2D eigenvalue weighted by Gasteiger charge is -2.24. The fourth-order valence-corrected chi connectivity index (χ4v) is 2.14. The molecule has 0 aromatic rings. The first-order valence-corrected chi connectivity index (χ1v) is 4.53. The van der Waals surface area contributed by atoms with Crippen LogP contribution in [0.1, 0.15) is 12.8 Å². The third-order valence-electron chi connectivity index (χ3n) is 2.61. The van der Waals surface area contributed by atoms with Crippen molar-refractivity contribution >= 4 is 0 Å². The second-order valence-corrected chi connectivity index (χ2v) is 3.38. The minimum atomic E-state index is 0.0565. The molecule has 0 radical (unpaired) electrons. The quantitative estimate of drug-likeness (QED) is 0.618. The molecule has 13 heavy (non-hydrogen) atoms. The second-order valence-electron chi connectivity index (χ2n) is 3.38. The Morgan fingerprint density at radius 2 is 1.62 bits per heavy atom. The van der Waals surface area contributed by atoms with Gasteiger partial charge in [-0.25, -0.2) is 0 Å². The average molecular weight is 182 g/mol. The Balaban J connectivity index is 1.97. The van der Waals surface area contributed by atoms with Gasteiger partial charge in [-0.1, -0.05) is 13.2 Å². The van der Waals surface area contributed by atoms with Crippen molar-refractivity contribution in [3.8, 4) is 0 Å². The van der Waals surface area contributed by atoms with Crippen molar-refractivity contribution in [1.29, 1.82) is 0 Å². The molecule has 2 atom stereocenters. The van der Waals surface area contributed by atoms with E-state index in [-0.39, 0.29) is 18.3 Å². The number of hydrogen-bond acceptors (Lipinski definition) is 3. The van der Waals surface area contributed by atoms with Crippen molar-refractivity contribution in [2.24, 2.45) is 0 Å². The van der Waals surface area contributed by atoms with Gasteiger partial charge in [0.1, 0.15) is 18.3 Å². The van der Waals surface area contributed by atoms with E-state index in [1.54, 1.807) is 0 Å². The SMILES string of the molecule is C=COC1CC2CC(OC=C)C1O2. The number of rotatable bonds is 4. The van der Waals surface area contributed by atoms with E-state index in [1.165, 1.54) is 12.5 Å². The molecule has 2 aliphatic rings. The van der Waals surface area contributed by atoms with Crippen LogP contribution >= 0.6 is 0 Å². The van der Waals surface area contributed by atoms with Gasteiger partial charge in [0, 0.05) is 12.8 Å². The molecule has 2 saturated heterocycles. The van der Waals surface area contributed by atoms with Crippen molar-refractivity contribution in [3.05, 3.63) is 25.7 Å². The van der Waals surface area contributed by atoms with E-state index in [0.29, 0.717) is 6.10 Å². The average Bonchev–Trinajstić information content (AvgIpc) is 2.64. The van der Waals surface area contributed by atoms with Gasteiger partial charge >= 0.3 is 0 Å². The second kappa shape index (κ2) is 3.42. The molecule has 3 nitrogen and oxygen atoms in total. The number of hydrogen-bond donors (Lipinski definition) is 0. The Hall–Kier alpha value is -0.960. The highest BCUT2D eigenvalue weighted by Crippen LogP contribution is 2.38. The minimum absolute atomic E-state index is 0.0565. The smallest absolute Gasteiger partial charge is 0.131 e. The summed E-state index contributed by atoms with van der Waals surface area (Å²) in [6.07, 6.45) is 5.42. The lowest BCUT2D eigenvalue weighted by Crippen LogP contribution is -2.36. The van der Waals surface area contributed by atoms with E-state index in [0.717, 1.165) is 12.8 Å². The Morgan fingerprint density at radius 1 is 1.08 bits per heavy atom. The maximum atomic E-state index is 5.66. The third kappa shape index (κ3) is 1.44. The molecule has 2 fully saturated rings. The maximum Gasteiger partial charge on any atom is 0.131 e. The van der Waals surface area contributed by atoms with Crippen LogP contribution in [0.25, 0.3) is 0 Å². The molecular formula is C10H14O3. The van der Waals surface area contributed by atoms with Crippen LogP contribution in [0.2, 0.25) is 0 Å². The molecule has 0 aromatic heterocycles. The first kappa shape index (κ1) is 8.63. The summed E-state index contributed by atoms with van der Waals surface area (Å²) in [5, 5.41) is 0. The van der Waals surface area contributed by atoms with Crippen molar-refractivity contribution in [2.75, 3.05) is 0 Å². The zero-order chi connectivity index (χ0) is 9.26. The van der Waals surface area contributed by atoms with E-state index in [1.807, 2.05) is 0 Å². The van der Waals surface area contributed by atoms with Crippen molar-refractivity contribution in [1.82, 2.24) is 0 Å². The molecule has 3 heteroatoms. The van der Waals surface area contributed by atoms with Gasteiger partial charge in [0.05, 0.1) is 18.6 Å². The molecule has 0 N–H and O–H groups in total. The lowest BCUT2D eigenvalue weighted by molar-refractivity contribution is -0.0173. The molecule has 2 aliphatic heterocycles. The summed E-state index contributed by atoms with van der Waals surface area (Å²) in [5.74, 6) is 0. The minimum Gasteiger partial charge on any atom is -0.496 e. The standard InChI is InChI=1S/C10H14O3/c1-3-11-8-5-7-6-9(12-4-2)10(8)13-7/h3-4,7-10H,1-2,5-6H2. The predicted molar refractivity (Wildman–Crippen MR) is 48.0 cm³/mol. The molecule has 0 amide bonds. The number of ether oxygens (including phenoxy) is 3. The van der Waals surface area contributed by atoms with Crippen LogP contribution in [0.4, 0.5) is 0 Å². The molecule has 0 aromatic carbocycles. The van der Waals surface area contributed by atoms with Gasteiger partial charge in [0.25, 0.3) is 0 Å². The van der Waals surface area contributed by atoms with Crippen molar-refractivity contribution < 1.29 is 14.2 Å². The molecule has 2 unspecified atom stereocenters. The van der Waals surface area contributed by atoms with Gasteiger partial charge in [-0.05, 0) is 0 Å². The Bertz CT molecular complexity index is 194. The zero-order valence-corrected chi connectivity index (χ0v) is 7.52. The van der Waals surface area contributed by atoms with Gasteiger partial charge in [0.15, 0.2) is 0 Å². The Labute approximate surface area is 78.0 Å². The molecule has 0 aliphatic carbocycles. The monoisotopic (exact) mass is 182 g/mol. The number of fused-ring (bicyclic) bond motifs is 2. The summed E-state index contributed by atoms with van der Waals surface area (Å²) in [5.41, 5.74) is 0. The highest BCUT2D eigenvalue weighted by Gasteiger charge is 2.49. The molecule has 72 valence electrons. The molecule has 2 heterocycles. The molecular weight excluding hydrogens is 168 g/mol. The van der Waals surface area contributed by atoms with Crippen LogP contribution in [0.15, 0.2) is 25.7 Å². The van der Waals surface area contributed by atoms with Gasteiger partial charge < -0.3 is 14.2 Å². The normalized spacial score (nSPS) is 41.5. The fourth-order valence-electron chi connectivity index (χ4n) is 2.14. The van der Waals surface area contributed by atoms with E-state index in [2.05, 4.69) is 13.2 Å². The third-order valence-corrected chi connectivity index (χ3v) is 2.61. The topological polar surface area (TPSA) is 27.7 Å². The predicted octanol–water partition coefficient (Wildman–Crippen LogP) is 1.60. The van der Waals surface area contributed by atoms with Crippen molar-refractivity contribution in [3.63, 3.8) is 0 Å².